The molecule has 2 aliphatic heterocycles. The molecule has 1 N–H and O–H groups in total. The number of benzene rings is 2. The maximum Gasteiger partial charge on any atom is 0.312 e. The maximum atomic E-state index is 12.8. The molecule has 1 atom stereocenters. The molecule has 0 spiro atoms. The Labute approximate surface area is 151 Å². The van der Waals surface area contributed by atoms with Gasteiger partial charge < -0.3 is 19.5 Å². The first-order valence-electron chi connectivity index (χ1n) is 8.59. The highest BCUT2D eigenvalue weighted by Crippen LogP contribution is 2.32. The minimum Gasteiger partial charge on any atom is -0.486 e. The van der Waals surface area contributed by atoms with E-state index in [0.717, 1.165) is 16.7 Å². The SMILES string of the molecule is O=C(O)C1CN(C(=O)Cc2ccc3c(c2)OCCO3)Cc2ccccc21. The average molecular weight is 353 g/mol. The zero-order valence-electron chi connectivity index (χ0n) is 14.2. The summed E-state index contributed by atoms with van der Waals surface area (Å²) in [4.78, 5) is 26.0. The zero-order valence-corrected chi connectivity index (χ0v) is 14.2. The lowest BCUT2D eigenvalue weighted by Crippen LogP contribution is -2.41. The number of carboxylic acid groups (broad SMARTS) is 1. The van der Waals surface area contributed by atoms with Crippen LogP contribution in [0.2, 0.25) is 0 Å². The lowest BCUT2D eigenvalue weighted by molar-refractivity contribution is -0.141. The number of hydrogen-bond acceptors (Lipinski definition) is 4. The Kier molecular flexibility index (Phi) is 4.24. The highest BCUT2D eigenvalue weighted by molar-refractivity contribution is 5.83. The molecule has 2 aliphatic rings. The van der Waals surface area contributed by atoms with E-state index in [1.54, 1.807) is 4.90 Å². The molecule has 0 saturated carbocycles. The Hall–Kier alpha value is -3.02. The first-order valence-corrected chi connectivity index (χ1v) is 8.59. The van der Waals surface area contributed by atoms with Crippen molar-refractivity contribution in [2.75, 3.05) is 19.8 Å². The van der Waals surface area contributed by atoms with Gasteiger partial charge in [-0.1, -0.05) is 30.3 Å². The average Bonchev–Trinajstić information content (AvgIpc) is 2.66. The van der Waals surface area contributed by atoms with Gasteiger partial charge in [-0.05, 0) is 28.8 Å². The number of rotatable bonds is 3. The lowest BCUT2D eigenvalue weighted by Gasteiger charge is -2.33. The van der Waals surface area contributed by atoms with Crippen LogP contribution in [0.25, 0.3) is 0 Å². The molecule has 0 aliphatic carbocycles. The third kappa shape index (κ3) is 3.10. The Morgan fingerprint density at radius 2 is 1.85 bits per heavy atom. The minimum atomic E-state index is -0.908. The first-order chi connectivity index (χ1) is 12.6. The molecular formula is C20H19NO5. The van der Waals surface area contributed by atoms with Crippen molar-refractivity contribution >= 4 is 11.9 Å². The van der Waals surface area contributed by atoms with Gasteiger partial charge in [0, 0.05) is 13.1 Å². The fourth-order valence-corrected chi connectivity index (χ4v) is 3.49. The van der Waals surface area contributed by atoms with Crippen LogP contribution in [0.1, 0.15) is 22.6 Å². The van der Waals surface area contributed by atoms with Gasteiger partial charge in [0.25, 0.3) is 0 Å². The summed E-state index contributed by atoms with van der Waals surface area (Å²) in [6, 6.07) is 12.9. The van der Waals surface area contributed by atoms with Crippen LogP contribution in [0.15, 0.2) is 42.5 Å². The van der Waals surface area contributed by atoms with Gasteiger partial charge in [-0.15, -0.1) is 0 Å². The summed E-state index contributed by atoms with van der Waals surface area (Å²) >= 11 is 0. The number of carboxylic acids is 1. The van der Waals surface area contributed by atoms with Gasteiger partial charge in [-0.3, -0.25) is 9.59 Å². The van der Waals surface area contributed by atoms with Crippen LogP contribution in [0.3, 0.4) is 0 Å². The second-order valence-electron chi connectivity index (χ2n) is 6.52. The molecule has 0 saturated heterocycles. The zero-order chi connectivity index (χ0) is 18.1. The number of nitrogens with zero attached hydrogens (tertiary/aromatic N) is 1. The second kappa shape index (κ2) is 6.71. The molecule has 0 fully saturated rings. The van der Waals surface area contributed by atoms with Crippen molar-refractivity contribution in [1.29, 1.82) is 0 Å². The van der Waals surface area contributed by atoms with Crippen LogP contribution in [0.5, 0.6) is 11.5 Å². The highest BCUT2D eigenvalue weighted by Gasteiger charge is 2.32. The van der Waals surface area contributed by atoms with Crippen LogP contribution in [-0.2, 0) is 22.6 Å². The van der Waals surface area contributed by atoms with Crippen LogP contribution in [0.4, 0.5) is 0 Å². The summed E-state index contributed by atoms with van der Waals surface area (Å²) < 4.78 is 11.1. The van der Waals surface area contributed by atoms with Crippen molar-refractivity contribution in [2.24, 2.45) is 0 Å². The predicted octanol–water partition coefficient (Wildman–Crippen LogP) is 2.21. The van der Waals surface area contributed by atoms with E-state index in [-0.39, 0.29) is 18.9 Å². The van der Waals surface area contributed by atoms with E-state index in [9.17, 15) is 14.7 Å². The van der Waals surface area contributed by atoms with E-state index in [2.05, 4.69) is 0 Å². The molecule has 26 heavy (non-hydrogen) atoms. The summed E-state index contributed by atoms with van der Waals surface area (Å²) in [6.45, 7) is 1.64. The monoisotopic (exact) mass is 353 g/mol. The molecule has 134 valence electrons. The third-order valence-corrected chi connectivity index (χ3v) is 4.81. The molecular weight excluding hydrogens is 334 g/mol. The van der Waals surface area contributed by atoms with Gasteiger partial charge in [-0.2, -0.15) is 0 Å². The molecule has 2 heterocycles. The highest BCUT2D eigenvalue weighted by atomic mass is 16.6. The van der Waals surface area contributed by atoms with Gasteiger partial charge >= 0.3 is 5.97 Å². The Bertz CT molecular complexity index is 863. The Balaban J connectivity index is 1.53. The second-order valence-corrected chi connectivity index (χ2v) is 6.52. The van der Waals surface area contributed by atoms with Gasteiger partial charge in [0.2, 0.25) is 5.91 Å². The summed E-state index contributed by atoms with van der Waals surface area (Å²) in [5.74, 6) is -0.361. The van der Waals surface area contributed by atoms with Crippen molar-refractivity contribution in [2.45, 2.75) is 18.9 Å². The predicted molar refractivity (Wildman–Crippen MR) is 93.4 cm³/mol. The fourth-order valence-electron chi connectivity index (χ4n) is 3.49. The van der Waals surface area contributed by atoms with Gasteiger partial charge in [0.05, 0.1) is 12.3 Å². The molecule has 1 unspecified atom stereocenters. The molecule has 2 aromatic rings. The third-order valence-electron chi connectivity index (χ3n) is 4.81. The first kappa shape index (κ1) is 16.4. The van der Waals surface area contributed by atoms with Crippen LogP contribution in [0, 0.1) is 0 Å². The number of carbonyl (C=O) groups is 2. The van der Waals surface area contributed by atoms with Crippen LogP contribution >= 0.6 is 0 Å². The van der Waals surface area contributed by atoms with Gasteiger partial charge in [-0.25, -0.2) is 0 Å². The van der Waals surface area contributed by atoms with E-state index in [4.69, 9.17) is 9.47 Å². The van der Waals surface area contributed by atoms with Gasteiger partial charge in [0.1, 0.15) is 13.2 Å². The largest absolute Gasteiger partial charge is 0.486 e. The maximum absolute atomic E-state index is 12.8. The number of ether oxygens (including phenoxy) is 2. The molecule has 0 bridgehead atoms. The van der Waals surface area contributed by atoms with Crippen molar-refractivity contribution in [3.05, 3.63) is 59.2 Å². The smallest absolute Gasteiger partial charge is 0.312 e. The van der Waals surface area contributed by atoms with E-state index < -0.39 is 11.9 Å². The summed E-state index contributed by atoms with van der Waals surface area (Å²) in [6.07, 6.45) is 0.200. The lowest BCUT2D eigenvalue weighted by atomic mass is 9.89. The van der Waals surface area contributed by atoms with Gasteiger partial charge in [0.15, 0.2) is 11.5 Å². The number of aliphatic carboxylic acids is 1. The Morgan fingerprint density at radius 3 is 2.65 bits per heavy atom. The molecule has 0 radical (unpaired) electrons. The standard InChI is InChI=1S/C20H19NO5/c22-19(10-13-5-6-17-18(9-13)26-8-7-25-17)21-11-14-3-1-2-4-15(14)16(12-21)20(23)24/h1-6,9,16H,7-8,10-12H2,(H,23,24). The molecule has 0 aromatic heterocycles. The van der Waals surface area contributed by atoms with Crippen LogP contribution < -0.4 is 9.47 Å². The van der Waals surface area contributed by atoms with Crippen molar-refractivity contribution in [3.8, 4) is 11.5 Å². The molecule has 4 rings (SSSR count). The molecule has 6 heteroatoms. The van der Waals surface area contributed by atoms with Crippen molar-refractivity contribution in [3.63, 3.8) is 0 Å². The molecule has 1 amide bonds. The van der Waals surface area contributed by atoms with E-state index >= 15 is 0 Å². The van der Waals surface area contributed by atoms with E-state index in [0.29, 0.717) is 31.3 Å². The molecule has 6 nitrogen and oxygen atoms in total. The number of amides is 1. The van der Waals surface area contributed by atoms with E-state index in [1.165, 1.54) is 0 Å². The van der Waals surface area contributed by atoms with E-state index in [1.807, 2.05) is 42.5 Å². The fraction of sp³-hybridized carbons (Fsp3) is 0.300. The Morgan fingerprint density at radius 1 is 1.08 bits per heavy atom. The topological polar surface area (TPSA) is 76.1 Å². The quantitative estimate of drug-likeness (QED) is 0.916. The van der Waals surface area contributed by atoms with Crippen molar-refractivity contribution in [1.82, 2.24) is 4.90 Å². The number of hydrogen-bond donors (Lipinski definition) is 1. The summed E-state index contributed by atoms with van der Waals surface area (Å²) in [5, 5.41) is 9.54. The number of fused-ring (bicyclic) bond motifs is 2. The van der Waals surface area contributed by atoms with Crippen LogP contribution in [-0.4, -0.2) is 41.6 Å². The molecule has 2 aromatic carbocycles. The normalized spacial score (nSPS) is 18.2. The number of carbonyl (C=O) groups excluding carboxylic acids is 1. The summed E-state index contributed by atoms with van der Waals surface area (Å²) in [7, 11) is 0. The van der Waals surface area contributed by atoms with Crippen molar-refractivity contribution < 1.29 is 24.2 Å². The minimum absolute atomic E-state index is 0.0950. The summed E-state index contributed by atoms with van der Waals surface area (Å²) in [5.41, 5.74) is 2.51.